The summed E-state index contributed by atoms with van der Waals surface area (Å²) in [6.07, 6.45) is 4.89. The number of carboxylic acid groups (broad SMARTS) is 1. The molecular formula is C14H23NO4. The smallest absolute Gasteiger partial charge is 0.329 e. The predicted molar refractivity (Wildman–Crippen MR) is 69.7 cm³/mol. The minimum absolute atomic E-state index is 0.0339. The molecule has 2 fully saturated rings. The maximum absolute atomic E-state index is 12.0. The van der Waals surface area contributed by atoms with Crippen LogP contribution in [0.2, 0.25) is 0 Å². The van der Waals surface area contributed by atoms with Gasteiger partial charge < -0.3 is 15.2 Å². The number of carboxylic acids is 1. The summed E-state index contributed by atoms with van der Waals surface area (Å²) in [6, 6.07) is 0. The lowest BCUT2D eigenvalue weighted by atomic mass is 9.77. The van der Waals surface area contributed by atoms with E-state index in [-0.39, 0.29) is 18.4 Å². The van der Waals surface area contributed by atoms with Crippen molar-refractivity contribution in [2.24, 2.45) is 5.92 Å². The summed E-state index contributed by atoms with van der Waals surface area (Å²) in [5.41, 5.74) is -1.05. The Morgan fingerprint density at radius 3 is 2.53 bits per heavy atom. The molecule has 108 valence electrons. The Balaban J connectivity index is 1.92. The molecule has 0 radical (unpaired) electrons. The highest BCUT2D eigenvalue weighted by molar-refractivity contribution is 5.87. The van der Waals surface area contributed by atoms with E-state index in [0.717, 1.165) is 25.7 Å². The Bertz CT molecular complexity index is 341. The maximum Gasteiger partial charge on any atom is 0.329 e. The van der Waals surface area contributed by atoms with Gasteiger partial charge in [0.1, 0.15) is 5.54 Å². The third-order valence-corrected chi connectivity index (χ3v) is 4.35. The Morgan fingerprint density at radius 1 is 1.32 bits per heavy atom. The lowest BCUT2D eigenvalue weighted by Crippen LogP contribution is -2.56. The SMILES string of the molecule is CC1CCC(NC(=O)CC2CCCO2)(C(=O)O)CC1. The summed E-state index contributed by atoms with van der Waals surface area (Å²) >= 11 is 0. The first kappa shape index (κ1) is 14.3. The lowest BCUT2D eigenvalue weighted by molar-refractivity contribution is -0.150. The van der Waals surface area contributed by atoms with Gasteiger partial charge in [-0.05, 0) is 44.4 Å². The van der Waals surface area contributed by atoms with E-state index in [0.29, 0.717) is 25.4 Å². The molecule has 2 N–H and O–H groups in total. The largest absolute Gasteiger partial charge is 0.480 e. The third-order valence-electron chi connectivity index (χ3n) is 4.35. The van der Waals surface area contributed by atoms with Crippen LogP contribution in [0.5, 0.6) is 0 Å². The molecule has 5 nitrogen and oxygen atoms in total. The van der Waals surface area contributed by atoms with Crippen LogP contribution in [0.25, 0.3) is 0 Å². The van der Waals surface area contributed by atoms with Crippen LogP contribution < -0.4 is 5.32 Å². The first-order valence-electron chi connectivity index (χ1n) is 7.18. The molecule has 1 aliphatic heterocycles. The van der Waals surface area contributed by atoms with Crippen LogP contribution in [0.3, 0.4) is 0 Å². The summed E-state index contributed by atoms with van der Waals surface area (Å²) in [4.78, 5) is 23.5. The monoisotopic (exact) mass is 269 g/mol. The summed E-state index contributed by atoms with van der Waals surface area (Å²) in [5.74, 6) is -0.550. The molecule has 1 saturated heterocycles. The van der Waals surface area contributed by atoms with E-state index in [1.165, 1.54) is 0 Å². The van der Waals surface area contributed by atoms with Gasteiger partial charge >= 0.3 is 5.97 Å². The molecule has 19 heavy (non-hydrogen) atoms. The van der Waals surface area contributed by atoms with Crippen molar-refractivity contribution in [3.63, 3.8) is 0 Å². The van der Waals surface area contributed by atoms with Crippen LogP contribution >= 0.6 is 0 Å². The van der Waals surface area contributed by atoms with Gasteiger partial charge in [-0.2, -0.15) is 0 Å². The molecule has 2 rings (SSSR count). The maximum atomic E-state index is 12.0. The predicted octanol–water partition coefficient (Wildman–Crippen LogP) is 1.71. The van der Waals surface area contributed by atoms with Crippen molar-refractivity contribution in [3.8, 4) is 0 Å². The van der Waals surface area contributed by atoms with Crippen molar-refractivity contribution >= 4 is 11.9 Å². The molecular weight excluding hydrogens is 246 g/mol. The summed E-state index contributed by atoms with van der Waals surface area (Å²) in [7, 11) is 0. The number of rotatable bonds is 4. The van der Waals surface area contributed by atoms with E-state index < -0.39 is 11.5 Å². The minimum Gasteiger partial charge on any atom is -0.480 e. The fraction of sp³-hybridized carbons (Fsp3) is 0.857. The highest BCUT2D eigenvalue weighted by atomic mass is 16.5. The van der Waals surface area contributed by atoms with Crippen LogP contribution in [0.4, 0.5) is 0 Å². The van der Waals surface area contributed by atoms with Crippen LogP contribution in [0.1, 0.15) is 51.9 Å². The van der Waals surface area contributed by atoms with Gasteiger partial charge in [0, 0.05) is 6.61 Å². The molecule has 0 aromatic rings. The van der Waals surface area contributed by atoms with E-state index in [4.69, 9.17) is 4.74 Å². The standard InChI is InChI=1S/C14H23NO4/c1-10-4-6-14(7-5-10,13(17)18)15-12(16)9-11-3-2-8-19-11/h10-11H,2-9H2,1H3,(H,15,16)(H,17,18). The number of aliphatic carboxylic acids is 1. The molecule has 0 spiro atoms. The van der Waals surface area contributed by atoms with Gasteiger partial charge in [0.15, 0.2) is 0 Å². The third kappa shape index (κ3) is 3.47. The zero-order valence-corrected chi connectivity index (χ0v) is 11.5. The topological polar surface area (TPSA) is 75.6 Å². The Kier molecular flexibility index (Phi) is 4.45. The van der Waals surface area contributed by atoms with Crippen LogP contribution in [-0.4, -0.2) is 35.2 Å². The van der Waals surface area contributed by atoms with Crippen molar-refractivity contribution < 1.29 is 19.4 Å². The second kappa shape index (κ2) is 5.90. The fourth-order valence-corrected chi connectivity index (χ4v) is 2.98. The van der Waals surface area contributed by atoms with Gasteiger partial charge in [-0.3, -0.25) is 4.79 Å². The molecule has 5 heteroatoms. The molecule has 0 aromatic carbocycles. The van der Waals surface area contributed by atoms with Gasteiger partial charge in [-0.15, -0.1) is 0 Å². The average molecular weight is 269 g/mol. The Morgan fingerprint density at radius 2 is 2.00 bits per heavy atom. The number of ether oxygens (including phenoxy) is 1. The first-order chi connectivity index (χ1) is 9.02. The number of hydrogen-bond acceptors (Lipinski definition) is 3. The quantitative estimate of drug-likeness (QED) is 0.814. The zero-order chi connectivity index (χ0) is 13.9. The molecule has 1 aliphatic carbocycles. The molecule has 1 amide bonds. The Labute approximate surface area is 113 Å². The van der Waals surface area contributed by atoms with Gasteiger partial charge in [0.2, 0.25) is 5.91 Å². The lowest BCUT2D eigenvalue weighted by Gasteiger charge is -2.36. The molecule has 2 aliphatic rings. The summed E-state index contributed by atoms with van der Waals surface area (Å²) in [6.45, 7) is 2.83. The Hall–Kier alpha value is -1.10. The van der Waals surface area contributed by atoms with Crippen LogP contribution in [0, 0.1) is 5.92 Å². The molecule has 1 saturated carbocycles. The van der Waals surface area contributed by atoms with E-state index in [9.17, 15) is 14.7 Å². The number of nitrogens with one attached hydrogen (secondary N) is 1. The summed E-state index contributed by atoms with van der Waals surface area (Å²) in [5, 5.41) is 12.2. The average Bonchev–Trinajstić information content (AvgIpc) is 2.84. The van der Waals surface area contributed by atoms with Crippen molar-refractivity contribution in [1.29, 1.82) is 0 Å². The molecule has 0 aromatic heterocycles. The van der Waals surface area contributed by atoms with Gasteiger partial charge in [-0.1, -0.05) is 6.92 Å². The van der Waals surface area contributed by atoms with E-state index in [2.05, 4.69) is 12.2 Å². The number of hydrogen-bond donors (Lipinski definition) is 2. The van der Waals surface area contributed by atoms with E-state index >= 15 is 0 Å². The number of amides is 1. The van der Waals surface area contributed by atoms with E-state index in [1.807, 2.05) is 0 Å². The molecule has 1 atom stereocenters. The molecule has 1 unspecified atom stereocenters. The second-order valence-corrected chi connectivity index (χ2v) is 5.96. The van der Waals surface area contributed by atoms with Crippen molar-refractivity contribution in [1.82, 2.24) is 5.32 Å². The fourth-order valence-electron chi connectivity index (χ4n) is 2.98. The summed E-state index contributed by atoms with van der Waals surface area (Å²) < 4.78 is 5.41. The second-order valence-electron chi connectivity index (χ2n) is 5.96. The van der Waals surface area contributed by atoms with Gasteiger partial charge in [0.05, 0.1) is 12.5 Å². The number of carbonyl (C=O) groups excluding carboxylic acids is 1. The first-order valence-corrected chi connectivity index (χ1v) is 7.18. The number of carbonyl (C=O) groups is 2. The van der Waals surface area contributed by atoms with Crippen molar-refractivity contribution in [3.05, 3.63) is 0 Å². The normalized spacial score (nSPS) is 35.0. The van der Waals surface area contributed by atoms with Crippen molar-refractivity contribution in [2.75, 3.05) is 6.61 Å². The van der Waals surface area contributed by atoms with Gasteiger partial charge in [0.25, 0.3) is 0 Å². The van der Waals surface area contributed by atoms with Crippen molar-refractivity contribution in [2.45, 2.75) is 63.5 Å². The highest BCUT2D eigenvalue weighted by Crippen LogP contribution is 2.32. The van der Waals surface area contributed by atoms with Crippen LogP contribution in [-0.2, 0) is 14.3 Å². The molecule has 0 bridgehead atoms. The highest BCUT2D eigenvalue weighted by Gasteiger charge is 2.42. The van der Waals surface area contributed by atoms with Crippen LogP contribution in [0.15, 0.2) is 0 Å². The van der Waals surface area contributed by atoms with Gasteiger partial charge in [-0.25, -0.2) is 4.79 Å². The van der Waals surface area contributed by atoms with E-state index in [1.54, 1.807) is 0 Å². The minimum atomic E-state index is -1.05. The molecule has 1 heterocycles. The zero-order valence-electron chi connectivity index (χ0n) is 11.5.